The van der Waals surface area contributed by atoms with Crippen LogP contribution < -0.4 is 10.6 Å². The lowest BCUT2D eigenvalue weighted by molar-refractivity contribution is -0.137. The first kappa shape index (κ1) is 15.1. The van der Waals surface area contributed by atoms with E-state index in [0.29, 0.717) is 15.2 Å². The molecule has 3 nitrogen and oxygen atoms in total. The molecule has 0 heterocycles. The summed E-state index contributed by atoms with van der Waals surface area (Å²) in [5.41, 5.74) is 0.532. The molecule has 0 fully saturated rings. The van der Waals surface area contributed by atoms with E-state index in [0.717, 1.165) is 0 Å². The average molecular weight is 346 g/mol. The topological polar surface area (TPSA) is 41.1 Å². The van der Waals surface area contributed by atoms with E-state index in [2.05, 4.69) is 21.2 Å². The highest BCUT2D eigenvalue weighted by Crippen LogP contribution is 2.29. The van der Waals surface area contributed by atoms with Crippen LogP contribution in [0.25, 0.3) is 0 Å². The molecule has 0 saturated carbocycles. The van der Waals surface area contributed by atoms with E-state index >= 15 is 0 Å². The fourth-order valence-electron chi connectivity index (χ4n) is 1.08. The monoisotopic (exact) mass is 344 g/mol. The second-order valence-electron chi connectivity index (χ2n) is 3.35. The SMILES string of the molecule is O=C(CNc1cccc(Cl)c1Br)NCC(F)(F)F. The van der Waals surface area contributed by atoms with Crippen LogP contribution in [0.5, 0.6) is 0 Å². The fraction of sp³-hybridized carbons (Fsp3) is 0.300. The summed E-state index contributed by atoms with van der Waals surface area (Å²) in [4.78, 5) is 11.1. The molecule has 0 unspecified atom stereocenters. The standard InChI is InChI=1S/C10H9BrClF3N2O/c11-9-6(12)2-1-3-7(9)16-4-8(18)17-5-10(13,14)15/h1-3,16H,4-5H2,(H,17,18). The second kappa shape index (κ2) is 6.29. The Hall–Kier alpha value is -0.950. The minimum absolute atomic E-state index is 0.269. The van der Waals surface area contributed by atoms with E-state index in [9.17, 15) is 18.0 Å². The third-order valence-electron chi connectivity index (χ3n) is 1.88. The number of hydrogen-bond donors (Lipinski definition) is 2. The Kier molecular flexibility index (Phi) is 5.28. The maximum absolute atomic E-state index is 11.8. The molecule has 0 spiro atoms. The van der Waals surface area contributed by atoms with Gasteiger partial charge in [0.2, 0.25) is 5.91 Å². The maximum Gasteiger partial charge on any atom is 0.405 e. The van der Waals surface area contributed by atoms with Crippen molar-refractivity contribution in [2.24, 2.45) is 0 Å². The summed E-state index contributed by atoms with van der Waals surface area (Å²) >= 11 is 9.01. The number of alkyl halides is 3. The summed E-state index contributed by atoms with van der Waals surface area (Å²) in [5.74, 6) is -0.751. The number of rotatable bonds is 4. The largest absolute Gasteiger partial charge is 0.405 e. The van der Waals surface area contributed by atoms with E-state index in [1.54, 1.807) is 23.5 Å². The zero-order valence-electron chi connectivity index (χ0n) is 8.94. The van der Waals surface area contributed by atoms with Gasteiger partial charge in [0.05, 0.1) is 21.7 Å². The lowest BCUT2D eigenvalue weighted by Gasteiger charge is -2.11. The summed E-state index contributed by atoms with van der Waals surface area (Å²) in [7, 11) is 0. The zero-order valence-corrected chi connectivity index (χ0v) is 11.3. The second-order valence-corrected chi connectivity index (χ2v) is 4.55. The Morgan fingerprint density at radius 2 is 2.06 bits per heavy atom. The van der Waals surface area contributed by atoms with Gasteiger partial charge in [0.15, 0.2) is 0 Å². The molecule has 0 aliphatic heterocycles. The van der Waals surface area contributed by atoms with Gasteiger partial charge in [-0.3, -0.25) is 4.79 Å². The summed E-state index contributed by atoms with van der Waals surface area (Å²) in [6.45, 7) is -1.61. The van der Waals surface area contributed by atoms with Crippen molar-refractivity contribution in [2.45, 2.75) is 6.18 Å². The molecule has 0 aliphatic rings. The fourth-order valence-corrected chi connectivity index (χ4v) is 1.66. The van der Waals surface area contributed by atoms with Gasteiger partial charge in [0, 0.05) is 0 Å². The Balaban J connectivity index is 2.46. The van der Waals surface area contributed by atoms with Crippen LogP contribution in [0.1, 0.15) is 0 Å². The van der Waals surface area contributed by atoms with Gasteiger partial charge in [-0.1, -0.05) is 17.7 Å². The van der Waals surface area contributed by atoms with Crippen molar-refractivity contribution in [1.82, 2.24) is 5.32 Å². The van der Waals surface area contributed by atoms with Crippen LogP contribution in [0.15, 0.2) is 22.7 Å². The molecule has 1 amide bonds. The molecular weight excluding hydrogens is 336 g/mol. The highest BCUT2D eigenvalue weighted by Gasteiger charge is 2.27. The normalized spacial score (nSPS) is 11.2. The van der Waals surface area contributed by atoms with Crippen LogP contribution in [0, 0.1) is 0 Å². The Morgan fingerprint density at radius 3 is 2.67 bits per heavy atom. The van der Waals surface area contributed by atoms with Gasteiger partial charge < -0.3 is 10.6 Å². The van der Waals surface area contributed by atoms with Crippen LogP contribution in [-0.4, -0.2) is 25.2 Å². The third-order valence-corrected chi connectivity index (χ3v) is 3.27. The van der Waals surface area contributed by atoms with Crippen LogP contribution in [-0.2, 0) is 4.79 Å². The van der Waals surface area contributed by atoms with Gasteiger partial charge in [-0.15, -0.1) is 0 Å². The van der Waals surface area contributed by atoms with Gasteiger partial charge >= 0.3 is 6.18 Å². The van der Waals surface area contributed by atoms with E-state index in [1.807, 2.05) is 0 Å². The molecule has 1 aromatic rings. The highest BCUT2D eigenvalue weighted by atomic mass is 79.9. The van der Waals surface area contributed by atoms with Gasteiger partial charge in [-0.05, 0) is 28.1 Å². The van der Waals surface area contributed by atoms with Crippen molar-refractivity contribution >= 4 is 39.1 Å². The van der Waals surface area contributed by atoms with Gasteiger partial charge in [0.25, 0.3) is 0 Å². The first-order valence-electron chi connectivity index (χ1n) is 4.81. The average Bonchev–Trinajstić information content (AvgIpc) is 2.27. The zero-order chi connectivity index (χ0) is 13.8. The van der Waals surface area contributed by atoms with Crippen molar-refractivity contribution in [3.8, 4) is 0 Å². The first-order chi connectivity index (χ1) is 8.29. The molecule has 0 aromatic heterocycles. The number of nitrogens with one attached hydrogen (secondary N) is 2. The number of amides is 1. The first-order valence-corrected chi connectivity index (χ1v) is 5.98. The smallest absolute Gasteiger partial charge is 0.375 e. The van der Waals surface area contributed by atoms with E-state index in [1.165, 1.54) is 0 Å². The van der Waals surface area contributed by atoms with Crippen molar-refractivity contribution < 1.29 is 18.0 Å². The number of hydrogen-bond acceptors (Lipinski definition) is 2. The highest BCUT2D eigenvalue weighted by molar-refractivity contribution is 9.10. The number of halogens is 5. The number of carbonyl (C=O) groups excluding carboxylic acids is 1. The number of carbonyl (C=O) groups is 1. The summed E-state index contributed by atoms with van der Waals surface area (Å²) in [5, 5.41) is 4.87. The van der Waals surface area contributed by atoms with Gasteiger partial charge in [-0.25, -0.2) is 0 Å². The van der Waals surface area contributed by atoms with Crippen molar-refractivity contribution in [3.05, 3.63) is 27.7 Å². The molecule has 2 N–H and O–H groups in total. The lowest BCUT2D eigenvalue weighted by atomic mass is 10.3. The van der Waals surface area contributed by atoms with Crippen LogP contribution in [0.2, 0.25) is 5.02 Å². The number of benzene rings is 1. The summed E-state index contributed by atoms with van der Waals surface area (Å²) in [6, 6.07) is 4.94. The molecule has 0 saturated heterocycles. The van der Waals surface area contributed by atoms with Gasteiger partial charge in [-0.2, -0.15) is 13.2 Å². The Bertz CT molecular complexity index is 440. The quantitative estimate of drug-likeness (QED) is 0.880. The predicted octanol–water partition coefficient (Wildman–Crippen LogP) is 3.19. The summed E-state index contributed by atoms with van der Waals surface area (Å²) < 4.78 is 36.1. The predicted molar refractivity (Wildman–Crippen MR) is 66.7 cm³/mol. The maximum atomic E-state index is 11.8. The number of anilines is 1. The molecule has 1 rings (SSSR count). The Morgan fingerprint density at radius 1 is 1.39 bits per heavy atom. The van der Waals surface area contributed by atoms with E-state index in [4.69, 9.17) is 11.6 Å². The molecule has 0 atom stereocenters. The van der Waals surface area contributed by atoms with E-state index < -0.39 is 18.6 Å². The molecule has 0 radical (unpaired) electrons. The molecule has 0 bridgehead atoms. The van der Waals surface area contributed by atoms with E-state index in [-0.39, 0.29) is 6.54 Å². The third kappa shape index (κ3) is 5.14. The van der Waals surface area contributed by atoms with Crippen LogP contribution in [0.4, 0.5) is 18.9 Å². The minimum Gasteiger partial charge on any atom is -0.375 e. The molecule has 18 heavy (non-hydrogen) atoms. The van der Waals surface area contributed by atoms with Crippen molar-refractivity contribution in [2.75, 3.05) is 18.4 Å². The summed E-state index contributed by atoms with van der Waals surface area (Å²) in [6.07, 6.45) is -4.41. The van der Waals surface area contributed by atoms with Crippen molar-refractivity contribution in [1.29, 1.82) is 0 Å². The molecule has 0 aliphatic carbocycles. The van der Waals surface area contributed by atoms with Crippen LogP contribution in [0.3, 0.4) is 0 Å². The molecule has 100 valence electrons. The van der Waals surface area contributed by atoms with Crippen LogP contribution >= 0.6 is 27.5 Å². The van der Waals surface area contributed by atoms with Gasteiger partial charge in [0.1, 0.15) is 6.54 Å². The molecule has 1 aromatic carbocycles. The Labute approximate surface area is 115 Å². The molecular formula is C10H9BrClF3N2O. The van der Waals surface area contributed by atoms with Crippen molar-refractivity contribution in [3.63, 3.8) is 0 Å². The minimum atomic E-state index is -4.41. The lowest BCUT2D eigenvalue weighted by Crippen LogP contribution is -2.37. The molecule has 8 heteroatoms.